The molecule has 4 rings (SSSR count). The number of benzene rings is 2. The second kappa shape index (κ2) is 6.91. The zero-order valence-corrected chi connectivity index (χ0v) is 17.7. The van der Waals surface area contributed by atoms with Crippen molar-refractivity contribution in [3.05, 3.63) is 46.4 Å². The lowest BCUT2D eigenvalue weighted by atomic mass is 10.2. The summed E-state index contributed by atoms with van der Waals surface area (Å²) in [4.78, 5) is 25.1. The summed E-state index contributed by atoms with van der Waals surface area (Å²) in [5.41, 5.74) is 1.07. The molecule has 3 aromatic rings. The molecule has 1 aromatic heterocycles. The molecule has 0 aliphatic carbocycles. The van der Waals surface area contributed by atoms with Gasteiger partial charge in [0.15, 0.2) is 21.3 Å². The lowest BCUT2D eigenvalue weighted by molar-refractivity contribution is 0.102. The SMILES string of the molecule is CC(C)S(=O)(=O)c1cc2c(cc1NC(=O)c1ccc3c(c1)OCO3)n(C)c(=O)n2C. The fraction of sp³-hybridized carbons (Fsp3) is 0.300. The molecule has 1 N–H and O–H groups in total. The van der Waals surface area contributed by atoms with Crippen molar-refractivity contribution in [2.45, 2.75) is 24.0 Å². The number of nitrogens with zero attached hydrogens (tertiary/aromatic N) is 2. The van der Waals surface area contributed by atoms with Gasteiger partial charge in [-0.2, -0.15) is 0 Å². The topological polar surface area (TPSA) is 109 Å². The van der Waals surface area contributed by atoms with Gasteiger partial charge in [-0.05, 0) is 44.2 Å². The van der Waals surface area contributed by atoms with Crippen molar-refractivity contribution in [1.82, 2.24) is 9.13 Å². The maximum absolute atomic E-state index is 13.0. The van der Waals surface area contributed by atoms with Gasteiger partial charge < -0.3 is 14.8 Å². The fourth-order valence-electron chi connectivity index (χ4n) is 3.35. The van der Waals surface area contributed by atoms with Crippen molar-refractivity contribution >= 4 is 32.5 Å². The molecule has 0 unspecified atom stereocenters. The number of aryl methyl sites for hydroxylation is 2. The van der Waals surface area contributed by atoms with E-state index in [1.807, 2.05) is 0 Å². The van der Waals surface area contributed by atoms with Crippen molar-refractivity contribution in [3.63, 3.8) is 0 Å². The minimum absolute atomic E-state index is 0.0414. The standard InChI is InChI=1S/C20H21N3O6S/c1-11(2)30(26,27)18-9-15-14(22(3)20(25)23(15)4)8-13(18)21-19(24)12-5-6-16-17(7-12)29-10-28-16/h5-9,11H,10H2,1-4H3,(H,21,24). The van der Waals surface area contributed by atoms with E-state index in [0.717, 1.165) is 0 Å². The average Bonchev–Trinajstić information content (AvgIpc) is 3.26. The number of rotatable bonds is 4. The Morgan fingerprint density at radius 1 is 1.03 bits per heavy atom. The Balaban J connectivity index is 1.85. The maximum Gasteiger partial charge on any atom is 0.328 e. The molecular formula is C20H21N3O6S. The highest BCUT2D eigenvalue weighted by Crippen LogP contribution is 2.34. The Morgan fingerprint density at radius 2 is 1.67 bits per heavy atom. The summed E-state index contributed by atoms with van der Waals surface area (Å²) in [5.74, 6) is 0.475. The predicted molar refractivity (Wildman–Crippen MR) is 111 cm³/mol. The molecule has 2 aromatic carbocycles. The summed E-state index contributed by atoms with van der Waals surface area (Å²) in [6.45, 7) is 3.20. The molecule has 0 radical (unpaired) electrons. The third-order valence-electron chi connectivity index (χ3n) is 5.18. The van der Waals surface area contributed by atoms with E-state index in [2.05, 4.69) is 5.32 Å². The number of hydrogen-bond acceptors (Lipinski definition) is 6. The van der Waals surface area contributed by atoms with Crippen LogP contribution in [0.2, 0.25) is 0 Å². The summed E-state index contributed by atoms with van der Waals surface area (Å²) >= 11 is 0. The zero-order valence-electron chi connectivity index (χ0n) is 16.9. The minimum Gasteiger partial charge on any atom is -0.454 e. The maximum atomic E-state index is 13.0. The van der Waals surface area contributed by atoms with Gasteiger partial charge in [-0.1, -0.05) is 0 Å². The molecule has 0 bridgehead atoms. The van der Waals surface area contributed by atoms with Crippen LogP contribution >= 0.6 is 0 Å². The summed E-state index contributed by atoms with van der Waals surface area (Å²) in [5, 5.41) is 1.98. The number of anilines is 1. The highest BCUT2D eigenvalue weighted by Gasteiger charge is 2.26. The third-order valence-corrected chi connectivity index (χ3v) is 7.38. The largest absolute Gasteiger partial charge is 0.454 e. The van der Waals surface area contributed by atoms with E-state index in [9.17, 15) is 18.0 Å². The van der Waals surface area contributed by atoms with E-state index in [1.165, 1.54) is 27.3 Å². The Hall–Kier alpha value is -3.27. The first-order valence-corrected chi connectivity index (χ1v) is 10.8. The van der Waals surface area contributed by atoms with Gasteiger partial charge in [-0.25, -0.2) is 13.2 Å². The van der Waals surface area contributed by atoms with E-state index >= 15 is 0 Å². The Bertz CT molecular complexity index is 1350. The van der Waals surface area contributed by atoms with Crippen molar-refractivity contribution in [2.24, 2.45) is 14.1 Å². The smallest absolute Gasteiger partial charge is 0.328 e. The highest BCUT2D eigenvalue weighted by atomic mass is 32.2. The quantitative estimate of drug-likeness (QED) is 0.677. The average molecular weight is 431 g/mol. The number of carbonyl (C=O) groups excluding carboxylic acids is 1. The molecule has 0 fully saturated rings. The summed E-state index contributed by atoms with van der Waals surface area (Å²) in [7, 11) is -0.582. The Labute approximate surface area is 172 Å². The molecule has 10 heteroatoms. The molecule has 0 spiro atoms. The molecule has 30 heavy (non-hydrogen) atoms. The van der Waals surface area contributed by atoms with Crippen LogP contribution in [0.5, 0.6) is 11.5 Å². The number of amides is 1. The van der Waals surface area contributed by atoms with Gasteiger partial charge in [0.05, 0.1) is 26.9 Å². The molecule has 158 valence electrons. The molecular weight excluding hydrogens is 410 g/mol. The van der Waals surface area contributed by atoms with Crippen LogP contribution in [0, 0.1) is 0 Å². The van der Waals surface area contributed by atoms with Gasteiger partial charge in [0.25, 0.3) is 5.91 Å². The Morgan fingerprint density at radius 3 is 2.33 bits per heavy atom. The van der Waals surface area contributed by atoms with Crippen LogP contribution in [0.15, 0.2) is 40.0 Å². The summed E-state index contributed by atoms with van der Waals surface area (Å²) in [6.07, 6.45) is 0. The van der Waals surface area contributed by atoms with Crippen molar-refractivity contribution in [3.8, 4) is 11.5 Å². The number of fused-ring (bicyclic) bond motifs is 2. The van der Waals surface area contributed by atoms with Crippen molar-refractivity contribution in [1.29, 1.82) is 0 Å². The van der Waals surface area contributed by atoms with E-state index < -0.39 is 21.0 Å². The number of imidazole rings is 1. The molecule has 0 atom stereocenters. The fourth-order valence-corrected chi connectivity index (χ4v) is 4.55. The van der Waals surface area contributed by atoms with Gasteiger partial charge in [-0.15, -0.1) is 0 Å². The highest BCUT2D eigenvalue weighted by molar-refractivity contribution is 7.92. The van der Waals surface area contributed by atoms with E-state index in [0.29, 0.717) is 22.5 Å². The third kappa shape index (κ3) is 3.04. The lowest BCUT2D eigenvalue weighted by Crippen LogP contribution is -2.19. The molecule has 0 saturated heterocycles. The van der Waals surface area contributed by atoms with Crippen LogP contribution in [-0.2, 0) is 23.9 Å². The molecule has 9 nitrogen and oxygen atoms in total. The van der Waals surface area contributed by atoms with Crippen molar-refractivity contribution in [2.75, 3.05) is 12.1 Å². The first kappa shape index (κ1) is 20.0. The van der Waals surface area contributed by atoms with Gasteiger partial charge in [0.1, 0.15) is 0 Å². The van der Waals surface area contributed by atoms with Crippen molar-refractivity contribution < 1.29 is 22.7 Å². The number of sulfone groups is 1. The first-order chi connectivity index (χ1) is 14.1. The van der Waals surface area contributed by atoms with Crippen LogP contribution in [0.4, 0.5) is 5.69 Å². The molecule has 1 aliphatic heterocycles. The first-order valence-electron chi connectivity index (χ1n) is 9.25. The zero-order chi connectivity index (χ0) is 21.8. The van der Waals surface area contributed by atoms with E-state index in [4.69, 9.17) is 9.47 Å². The number of ether oxygens (including phenoxy) is 2. The molecule has 2 heterocycles. The van der Waals surface area contributed by atoms with Gasteiger partial charge >= 0.3 is 5.69 Å². The van der Waals surface area contributed by atoms with Crippen LogP contribution < -0.4 is 20.5 Å². The number of hydrogen-bond donors (Lipinski definition) is 1. The molecule has 1 aliphatic rings. The van der Waals surface area contributed by atoms with Gasteiger partial charge in [0.2, 0.25) is 6.79 Å². The number of carbonyl (C=O) groups is 1. The molecule has 0 saturated carbocycles. The summed E-state index contributed by atoms with van der Waals surface area (Å²) < 4.78 is 39.3. The van der Waals surface area contributed by atoms with Crippen LogP contribution in [0.3, 0.4) is 0 Å². The lowest BCUT2D eigenvalue weighted by Gasteiger charge is -2.15. The van der Waals surface area contributed by atoms with Crippen LogP contribution in [0.1, 0.15) is 24.2 Å². The number of nitrogens with one attached hydrogen (secondary N) is 1. The monoisotopic (exact) mass is 431 g/mol. The summed E-state index contributed by atoms with van der Waals surface area (Å²) in [6, 6.07) is 7.66. The van der Waals surface area contributed by atoms with Crippen LogP contribution in [-0.4, -0.2) is 35.5 Å². The van der Waals surface area contributed by atoms with E-state index in [1.54, 1.807) is 40.1 Å². The number of aromatic nitrogens is 2. The van der Waals surface area contributed by atoms with E-state index in [-0.39, 0.29) is 28.6 Å². The molecule has 1 amide bonds. The Kier molecular flexibility index (Phi) is 4.61. The van der Waals surface area contributed by atoms with Crippen LogP contribution in [0.25, 0.3) is 11.0 Å². The van der Waals surface area contributed by atoms with Gasteiger partial charge in [-0.3, -0.25) is 13.9 Å². The second-order valence-corrected chi connectivity index (χ2v) is 9.83. The normalized spacial score (nSPS) is 13.2. The minimum atomic E-state index is -3.74. The second-order valence-electron chi connectivity index (χ2n) is 7.35. The predicted octanol–water partition coefficient (Wildman–Crippen LogP) is 2.04. The van der Waals surface area contributed by atoms with Gasteiger partial charge in [0, 0.05) is 19.7 Å².